The highest BCUT2D eigenvalue weighted by Crippen LogP contribution is 2.20. The molecule has 1 aliphatic rings. The lowest BCUT2D eigenvalue weighted by Gasteiger charge is -2.36. The highest BCUT2D eigenvalue weighted by Gasteiger charge is 2.22. The van der Waals surface area contributed by atoms with Crippen molar-refractivity contribution in [3.63, 3.8) is 0 Å². The molecule has 1 aromatic heterocycles. The molecule has 0 amide bonds. The van der Waals surface area contributed by atoms with Gasteiger partial charge in [0.25, 0.3) is 0 Å². The molecule has 3 atom stereocenters. The van der Waals surface area contributed by atoms with Crippen molar-refractivity contribution < 1.29 is 9.84 Å². The van der Waals surface area contributed by atoms with Crippen LogP contribution in [0.2, 0.25) is 0 Å². The van der Waals surface area contributed by atoms with Crippen molar-refractivity contribution in [3.05, 3.63) is 24.0 Å². The number of nitrogens with zero attached hydrogens (tertiary/aromatic N) is 2. The Hall–Kier alpha value is -1.13. The van der Waals surface area contributed by atoms with Crippen LogP contribution < -0.4 is 4.90 Å². The van der Waals surface area contributed by atoms with Gasteiger partial charge in [0.15, 0.2) is 0 Å². The summed E-state index contributed by atoms with van der Waals surface area (Å²) in [6, 6.07) is 3.89. The molecule has 4 heteroatoms. The highest BCUT2D eigenvalue weighted by molar-refractivity contribution is 5.45. The second-order valence-electron chi connectivity index (χ2n) is 4.78. The molecule has 1 aromatic rings. The molecule has 4 nitrogen and oxygen atoms in total. The molecule has 1 N–H and O–H groups in total. The molecule has 2 rings (SSSR count). The van der Waals surface area contributed by atoms with Gasteiger partial charge < -0.3 is 14.7 Å². The van der Waals surface area contributed by atoms with Crippen LogP contribution in [0.3, 0.4) is 0 Å². The van der Waals surface area contributed by atoms with E-state index in [0.717, 1.165) is 18.8 Å². The van der Waals surface area contributed by atoms with E-state index < -0.39 is 6.10 Å². The van der Waals surface area contributed by atoms with E-state index >= 15 is 0 Å². The molecule has 0 aliphatic carbocycles. The number of hydrogen-bond acceptors (Lipinski definition) is 4. The summed E-state index contributed by atoms with van der Waals surface area (Å²) in [7, 11) is 0. The minimum atomic E-state index is -0.508. The normalized spacial score (nSPS) is 26.9. The van der Waals surface area contributed by atoms with Crippen molar-refractivity contribution >= 4 is 5.69 Å². The van der Waals surface area contributed by atoms with Crippen LogP contribution >= 0.6 is 0 Å². The standard InChI is InChI=1S/C13H20N2O2/c1-9-7-15(8-10(2)17-9)12-4-5-13(11(3)16)14-6-12/h4-6,9-11,16H,7-8H2,1-3H3. The molecule has 1 aliphatic heterocycles. The van der Waals surface area contributed by atoms with Crippen LogP contribution in [-0.2, 0) is 4.74 Å². The van der Waals surface area contributed by atoms with Gasteiger partial charge in [0.1, 0.15) is 0 Å². The molecule has 1 fully saturated rings. The van der Waals surface area contributed by atoms with E-state index in [1.165, 1.54) is 0 Å². The quantitative estimate of drug-likeness (QED) is 0.849. The van der Waals surface area contributed by atoms with Gasteiger partial charge in [-0.1, -0.05) is 0 Å². The third-order valence-corrected chi connectivity index (χ3v) is 2.98. The molecule has 17 heavy (non-hydrogen) atoms. The number of pyridine rings is 1. The summed E-state index contributed by atoms with van der Waals surface area (Å²) >= 11 is 0. The maximum Gasteiger partial charge on any atom is 0.0931 e. The van der Waals surface area contributed by atoms with E-state index in [1.807, 2.05) is 18.3 Å². The van der Waals surface area contributed by atoms with Crippen LogP contribution in [0.5, 0.6) is 0 Å². The molecule has 0 saturated carbocycles. The summed E-state index contributed by atoms with van der Waals surface area (Å²) in [6.07, 6.45) is 1.81. The topological polar surface area (TPSA) is 45.6 Å². The zero-order valence-corrected chi connectivity index (χ0v) is 10.6. The van der Waals surface area contributed by atoms with Gasteiger partial charge in [-0.3, -0.25) is 4.98 Å². The van der Waals surface area contributed by atoms with Gasteiger partial charge in [0, 0.05) is 13.1 Å². The number of aromatic nitrogens is 1. The monoisotopic (exact) mass is 236 g/mol. The number of aliphatic hydroxyl groups is 1. The van der Waals surface area contributed by atoms with Gasteiger partial charge in [0.05, 0.1) is 35.9 Å². The van der Waals surface area contributed by atoms with Crippen LogP contribution in [-0.4, -0.2) is 35.4 Å². The molecule has 3 unspecified atom stereocenters. The predicted octanol–water partition coefficient (Wildman–Crippen LogP) is 1.75. The van der Waals surface area contributed by atoms with Crippen molar-refractivity contribution in [2.24, 2.45) is 0 Å². The first kappa shape index (κ1) is 12.3. The third kappa shape index (κ3) is 2.96. The van der Waals surface area contributed by atoms with Crippen molar-refractivity contribution in [3.8, 4) is 0 Å². The Morgan fingerprint density at radius 2 is 2.00 bits per heavy atom. The fourth-order valence-electron chi connectivity index (χ4n) is 2.22. The molecule has 0 aromatic carbocycles. The smallest absolute Gasteiger partial charge is 0.0931 e. The largest absolute Gasteiger partial charge is 0.387 e. The third-order valence-electron chi connectivity index (χ3n) is 2.98. The molecule has 0 spiro atoms. The lowest BCUT2D eigenvalue weighted by molar-refractivity contribution is -0.00524. The molecule has 2 heterocycles. The molecular weight excluding hydrogens is 216 g/mol. The second kappa shape index (κ2) is 5.02. The van der Waals surface area contributed by atoms with E-state index in [4.69, 9.17) is 4.74 Å². The van der Waals surface area contributed by atoms with Gasteiger partial charge >= 0.3 is 0 Å². The van der Waals surface area contributed by atoms with Crippen molar-refractivity contribution in [2.75, 3.05) is 18.0 Å². The lowest BCUT2D eigenvalue weighted by Crippen LogP contribution is -2.45. The van der Waals surface area contributed by atoms with Gasteiger partial charge in [-0.25, -0.2) is 0 Å². The van der Waals surface area contributed by atoms with E-state index in [1.54, 1.807) is 6.92 Å². The summed E-state index contributed by atoms with van der Waals surface area (Å²) < 4.78 is 5.70. The van der Waals surface area contributed by atoms with Crippen LogP contribution in [0.1, 0.15) is 32.6 Å². The number of anilines is 1. The molecule has 1 saturated heterocycles. The van der Waals surface area contributed by atoms with Crippen molar-refractivity contribution in [2.45, 2.75) is 39.1 Å². The Kier molecular flexibility index (Phi) is 3.64. The Bertz CT molecular complexity index is 354. The summed E-state index contributed by atoms with van der Waals surface area (Å²) in [5, 5.41) is 9.41. The number of ether oxygens (including phenoxy) is 1. The maximum atomic E-state index is 9.41. The zero-order chi connectivity index (χ0) is 12.4. The van der Waals surface area contributed by atoms with Crippen LogP contribution in [0.15, 0.2) is 18.3 Å². The van der Waals surface area contributed by atoms with Crippen molar-refractivity contribution in [1.29, 1.82) is 0 Å². The van der Waals surface area contributed by atoms with Crippen LogP contribution in [0.25, 0.3) is 0 Å². The van der Waals surface area contributed by atoms with Gasteiger partial charge in [0.2, 0.25) is 0 Å². The number of morpholine rings is 1. The molecule has 0 bridgehead atoms. The fraction of sp³-hybridized carbons (Fsp3) is 0.615. The maximum absolute atomic E-state index is 9.41. The Morgan fingerprint density at radius 1 is 1.35 bits per heavy atom. The molecule has 0 radical (unpaired) electrons. The summed E-state index contributed by atoms with van der Waals surface area (Å²) in [5.41, 5.74) is 1.81. The number of aliphatic hydroxyl groups excluding tert-OH is 1. The summed E-state index contributed by atoms with van der Waals surface area (Å²) in [6.45, 7) is 7.67. The van der Waals surface area contributed by atoms with E-state index in [0.29, 0.717) is 5.69 Å². The van der Waals surface area contributed by atoms with Gasteiger partial charge in [-0.2, -0.15) is 0 Å². The highest BCUT2D eigenvalue weighted by atomic mass is 16.5. The Labute approximate surface area is 102 Å². The van der Waals surface area contributed by atoms with Crippen LogP contribution in [0, 0.1) is 0 Å². The summed E-state index contributed by atoms with van der Waals surface area (Å²) in [4.78, 5) is 6.55. The average Bonchev–Trinajstić information content (AvgIpc) is 2.28. The Balaban J connectivity index is 2.11. The minimum absolute atomic E-state index is 0.246. The second-order valence-corrected chi connectivity index (χ2v) is 4.78. The van der Waals surface area contributed by atoms with E-state index in [-0.39, 0.29) is 12.2 Å². The molecular formula is C13H20N2O2. The predicted molar refractivity (Wildman–Crippen MR) is 67.1 cm³/mol. The SMILES string of the molecule is CC1CN(c2ccc(C(C)O)nc2)CC(C)O1. The minimum Gasteiger partial charge on any atom is -0.387 e. The van der Waals surface area contributed by atoms with Crippen LogP contribution in [0.4, 0.5) is 5.69 Å². The van der Waals surface area contributed by atoms with E-state index in [9.17, 15) is 5.11 Å². The molecule has 94 valence electrons. The fourth-order valence-corrected chi connectivity index (χ4v) is 2.22. The Morgan fingerprint density at radius 3 is 2.47 bits per heavy atom. The lowest BCUT2D eigenvalue weighted by atomic mass is 10.2. The summed E-state index contributed by atoms with van der Waals surface area (Å²) in [5.74, 6) is 0. The number of rotatable bonds is 2. The van der Waals surface area contributed by atoms with Gasteiger partial charge in [-0.15, -0.1) is 0 Å². The zero-order valence-electron chi connectivity index (χ0n) is 10.6. The van der Waals surface area contributed by atoms with Gasteiger partial charge in [-0.05, 0) is 32.9 Å². The first-order valence-electron chi connectivity index (χ1n) is 6.10. The van der Waals surface area contributed by atoms with E-state index in [2.05, 4.69) is 23.7 Å². The first-order chi connectivity index (χ1) is 8.06. The first-order valence-corrected chi connectivity index (χ1v) is 6.10. The average molecular weight is 236 g/mol. The number of hydrogen-bond donors (Lipinski definition) is 1. The van der Waals surface area contributed by atoms with Crippen molar-refractivity contribution in [1.82, 2.24) is 4.98 Å².